The smallest absolute Gasteiger partial charge is 0.217 e. The van der Waals surface area contributed by atoms with E-state index in [9.17, 15) is 5.11 Å². The predicted octanol–water partition coefficient (Wildman–Crippen LogP) is 1.73. The second kappa shape index (κ2) is 6.78. The van der Waals surface area contributed by atoms with E-state index in [4.69, 9.17) is 18.9 Å². The highest BCUT2D eigenvalue weighted by molar-refractivity contribution is 5.13. The summed E-state index contributed by atoms with van der Waals surface area (Å²) in [6, 6.07) is -0.226. The van der Waals surface area contributed by atoms with Crippen LogP contribution in [0.1, 0.15) is 34.6 Å². The van der Waals surface area contributed by atoms with Crippen LogP contribution in [0.5, 0.6) is 0 Å². The van der Waals surface area contributed by atoms with E-state index in [2.05, 4.69) is 19.9 Å². The monoisotopic (exact) mass is 329 g/mol. The number of fused-ring (bicyclic) bond motifs is 1. The molecular formula is C17H31NO5. The van der Waals surface area contributed by atoms with E-state index in [1.54, 1.807) is 14.2 Å². The SMILES string of the molecule is COC1(OC)CO[C@@H]2[C@H](C=C(C)C)CN(C(O)OC(C)(C)C)[C@@H]21. The third-order valence-electron chi connectivity index (χ3n) is 4.42. The molecule has 2 fully saturated rings. The Morgan fingerprint density at radius 1 is 1.30 bits per heavy atom. The summed E-state index contributed by atoms with van der Waals surface area (Å²) in [7, 11) is 3.22. The molecule has 6 nitrogen and oxygen atoms in total. The first-order valence-corrected chi connectivity index (χ1v) is 8.12. The standard InChI is InChI=1S/C17H31NO5/c1-11(2)8-12-9-18(15(19)23-16(3,4)5)14-13(12)22-10-17(14,20-6)21-7/h8,12-15,19H,9-10H2,1-7H3/t12-,13-,14+,15?/m1/s1. The van der Waals surface area contributed by atoms with E-state index >= 15 is 0 Å². The molecule has 2 saturated heterocycles. The quantitative estimate of drug-likeness (QED) is 0.612. The molecule has 2 aliphatic rings. The normalized spacial score (nSPS) is 31.9. The van der Waals surface area contributed by atoms with Gasteiger partial charge in [-0.2, -0.15) is 0 Å². The minimum atomic E-state index is -1.04. The highest BCUT2D eigenvalue weighted by Gasteiger charge is 2.61. The first-order valence-electron chi connectivity index (χ1n) is 8.12. The molecule has 0 saturated carbocycles. The van der Waals surface area contributed by atoms with Gasteiger partial charge in [-0.1, -0.05) is 11.6 Å². The van der Waals surface area contributed by atoms with Crippen molar-refractivity contribution >= 4 is 0 Å². The zero-order valence-electron chi connectivity index (χ0n) is 15.3. The Bertz CT molecular complexity index is 437. The van der Waals surface area contributed by atoms with Crippen LogP contribution in [0.15, 0.2) is 11.6 Å². The molecule has 0 radical (unpaired) electrons. The summed E-state index contributed by atoms with van der Waals surface area (Å²) in [4.78, 5) is 1.89. The molecule has 134 valence electrons. The van der Waals surface area contributed by atoms with Crippen molar-refractivity contribution in [3.63, 3.8) is 0 Å². The Kier molecular flexibility index (Phi) is 5.55. The molecule has 0 aromatic rings. The fourth-order valence-electron chi connectivity index (χ4n) is 3.53. The third kappa shape index (κ3) is 3.78. The lowest BCUT2D eigenvalue weighted by Crippen LogP contribution is -2.57. The van der Waals surface area contributed by atoms with Gasteiger partial charge in [0.1, 0.15) is 6.61 Å². The van der Waals surface area contributed by atoms with Gasteiger partial charge in [-0.25, -0.2) is 4.90 Å². The van der Waals surface area contributed by atoms with Gasteiger partial charge in [0.15, 0.2) is 0 Å². The van der Waals surface area contributed by atoms with Crippen molar-refractivity contribution in [3.8, 4) is 0 Å². The third-order valence-corrected chi connectivity index (χ3v) is 4.42. The number of aliphatic hydroxyl groups excluding tert-OH is 1. The molecule has 2 rings (SSSR count). The Morgan fingerprint density at radius 2 is 1.91 bits per heavy atom. The van der Waals surface area contributed by atoms with Crippen molar-refractivity contribution in [2.24, 2.45) is 5.92 Å². The van der Waals surface area contributed by atoms with Crippen LogP contribution < -0.4 is 0 Å². The number of likely N-dealkylation sites (tertiary alicyclic amines) is 1. The van der Waals surface area contributed by atoms with Gasteiger partial charge in [-0.15, -0.1) is 0 Å². The molecule has 2 aliphatic heterocycles. The summed E-state index contributed by atoms with van der Waals surface area (Å²) in [5.41, 5.74) is 0.768. The van der Waals surface area contributed by atoms with Crippen molar-refractivity contribution in [2.45, 2.75) is 64.6 Å². The van der Waals surface area contributed by atoms with Crippen molar-refractivity contribution in [2.75, 3.05) is 27.4 Å². The second-order valence-corrected chi connectivity index (χ2v) is 7.60. The fraction of sp³-hybridized carbons (Fsp3) is 0.882. The second-order valence-electron chi connectivity index (χ2n) is 7.60. The summed E-state index contributed by atoms with van der Waals surface area (Å²) < 4.78 is 23.1. The zero-order chi connectivity index (χ0) is 17.4. The van der Waals surface area contributed by atoms with Crippen LogP contribution in [-0.4, -0.2) is 67.3 Å². The van der Waals surface area contributed by atoms with Crippen molar-refractivity contribution < 1.29 is 24.1 Å². The van der Waals surface area contributed by atoms with E-state index in [1.807, 2.05) is 25.7 Å². The Balaban J connectivity index is 2.30. The molecular weight excluding hydrogens is 298 g/mol. The first kappa shape index (κ1) is 18.8. The summed E-state index contributed by atoms with van der Waals surface area (Å²) in [5, 5.41) is 10.6. The van der Waals surface area contributed by atoms with Gasteiger partial charge in [-0.05, 0) is 34.6 Å². The van der Waals surface area contributed by atoms with E-state index in [0.29, 0.717) is 13.2 Å². The van der Waals surface area contributed by atoms with Gasteiger partial charge in [-0.3, -0.25) is 0 Å². The molecule has 0 aromatic heterocycles. The molecule has 0 bridgehead atoms. The van der Waals surface area contributed by atoms with Gasteiger partial charge < -0.3 is 24.1 Å². The van der Waals surface area contributed by atoms with E-state index in [1.165, 1.54) is 5.57 Å². The average Bonchev–Trinajstić information content (AvgIpc) is 2.96. The summed E-state index contributed by atoms with van der Waals surface area (Å²) >= 11 is 0. The number of methoxy groups -OCH3 is 2. The van der Waals surface area contributed by atoms with Crippen LogP contribution in [0.3, 0.4) is 0 Å². The van der Waals surface area contributed by atoms with Gasteiger partial charge in [0.2, 0.25) is 12.2 Å². The lowest BCUT2D eigenvalue weighted by atomic mass is 9.97. The molecule has 0 aliphatic carbocycles. The van der Waals surface area contributed by atoms with E-state index < -0.39 is 17.8 Å². The largest absolute Gasteiger partial charge is 0.370 e. The maximum absolute atomic E-state index is 10.6. The number of nitrogens with zero attached hydrogens (tertiary/aromatic N) is 1. The molecule has 6 heteroatoms. The summed E-state index contributed by atoms with van der Waals surface area (Å²) in [6.07, 6.45) is 1.05. The fourth-order valence-corrected chi connectivity index (χ4v) is 3.53. The molecule has 1 N–H and O–H groups in total. The van der Waals surface area contributed by atoms with Crippen molar-refractivity contribution in [3.05, 3.63) is 11.6 Å². The van der Waals surface area contributed by atoms with Crippen LogP contribution in [0.25, 0.3) is 0 Å². The van der Waals surface area contributed by atoms with Gasteiger partial charge in [0.05, 0.1) is 17.7 Å². The number of aliphatic hydroxyl groups is 1. The van der Waals surface area contributed by atoms with E-state index in [-0.39, 0.29) is 18.1 Å². The predicted molar refractivity (Wildman–Crippen MR) is 86.7 cm³/mol. The highest BCUT2D eigenvalue weighted by Crippen LogP contribution is 2.43. The molecule has 0 aromatic carbocycles. The molecule has 23 heavy (non-hydrogen) atoms. The molecule has 0 spiro atoms. The van der Waals surface area contributed by atoms with Crippen molar-refractivity contribution in [1.29, 1.82) is 0 Å². The van der Waals surface area contributed by atoms with Crippen LogP contribution in [0.2, 0.25) is 0 Å². The van der Waals surface area contributed by atoms with Gasteiger partial charge >= 0.3 is 0 Å². The highest BCUT2D eigenvalue weighted by atomic mass is 16.7. The van der Waals surface area contributed by atoms with Crippen LogP contribution >= 0.6 is 0 Å². The zero-order valence-corrected chi connectivity index (χ0v) is 15.3. The Hall–Kier alpha value is -0.500. The van der Waals surface area contributed by atoms with Crippen LogP contribution in [0.4, 0.5) is 0 Å². The van der Waals surface area contributed by atoms with Crippen LogP contribution in [-0.2, 0) is 18.9 Å². The Labute approximate surface area is 139 Å². The minimum Gasteiger partial charge on any atom is -0.370 e. The molecule has 0 amide bonds. The van der Waals surface area contributed by atoms with Gasteiger partial charge in [0.25, 0.3) is 0 Å². The summed E-state index contributed by atoms with van der Waals surface area (Å²) in [6.45, 7) is 10.9. The first-order chi connectivity index (χ1) is 10.6. The number of allylic oxidation sites excluding steroid dienone is 1. The number of hydrogen-bond donors (Lipinski definition) is 1. The van der Waals surface area contributed by atoms with E-state index in [0.717, 1.165) is 0 Å². The maximum Gasteiger partial charge on any atom is 0.217 e. The topological polar surface area (TPSA) is 60.4 Å². The number of hydrogen-bond acceptors (Lipinski definition) is 6. The maximum atomic E-state index is 10.6. The molecule has 2 heterocycles. The average molecular weight is 329 g/mol. The molecule has 4 atom stereocenters. The number of rotatable bonds is 5. The molecule has 1 unspecified atom stereocenters. The van der Waals surface area contributed by atoms with Gasteiger partial charge in [0, 0.05) is 26.7 Å². The Morgan fingerprint density at radius 3 is 2.39 bits per heavy atom. The minimum absolute atomic E-state index is 0.0944. The lowest BCUT2D eigenvalue weighted by Gasteiger charge is -2.39. The lowest BCUT2D eigenvalue weighted by molar-refractivity contribution is -0.285. The summed E-state index contributed by atoms with van der Waals surface area (Å²) in [5.74, 6) is -0.729. The van der Waals surface area contributed by atoms with Crippen molar-refractivity contribution in [1.82, 2.24) is 4.90 Å². The number of ether oxygens (including phenoxy) is 4. The van der Waals surface area contributed by atoms with Crippen LogP contribution in [0, 0.1) is 5.92 Å².